The molecular formula is C13H21N3O4. The SMILES string of the molecule is CCC(CC)(CO)CNC(=O)c1cc([N+](=O)[O-])cn1C. The van der Waals surface area contributed by atoms with E-state index >= 15 is 0 Å². The van der Waals surface area contributed by atoms with Crippen LogP contribution in [-0.4, -0.2) is 33.7 Å². The minimum atomic E-state index is -0.535. The standard InChI is InChI=1S/C13H21N3O4/c1-4-13(5-2,9-17)8-14-12(18)11-6-10(16(19)20)7-15(11)3/h6-7,17H,4-5,8-9H2,1-3H3,(H,14,18). The van der Waals surface area contributed by atoms with E-state index in [-0.39, 0.29) is 29.3 Å². The Labute approximate surface area is 117 Å². The second-order valence-electron chi connectivity index (χ2n) is 5.00. The average molecular weight is 283 g/mol. The van der Waals surface area contributed by atoms with Crippen molar-refractivity contribution in [1.29, 1.82) is 0 Å². The summed E-state index contributed by atoms with van der Waals surface area (Å²) in [7, 11) is 1.58. The third-order valence-electron chi connectivity index (χ3n) is 3.89. The first-order valence-corrected chi connectivity index (χ1v) is 6.59. The van der Waals surface area contributed by atoms with Crippen LogP contribution in [0.2, 0.25) is 0 Å². The summed E-state index contributed by atoms with van der Waals surface area (Å²) in [5, 5.41) is 22.9. The largest absolute Gasteiger partial charge is 0.396 e. The van der Waals surface area contributed by atoms with E-state index in [0.717, 1.165) is 12.8 Å². The molecule has 0 aliphatic heterocycles. The molecule has 7 nitrogen and oxygen atoms in total. The Morgan fingerprint density at radius 2 is 2.10 bits per heavy atom. The Balaban J connectivity index is 2.79. The molecule has 7 heteroatoms. The highest BCUT2D eigenvalue weighted by Gasteiger charge is 2.27. The molecule has 1 rings (SSSR count). The maximum absolute atomic E-state index is 12.1. The Morgan fingerprint density at radius 1 is 1.50 bits per heavy atom. The number of hydrogen-bond donors (Lipinski definition) is 2. The van der Waals surface area contributed by atoms with Crippen LogP contribution in [0.15, 0.2) is 12.3 Å². The molecule has 0 radical (unpaired) electrons. The summed E-state index contributed by atoms with van der Waals surface area (Å²) in [6.07, 6.45) is 2.79. The Kier molecular flexibility index (Phi) is 5.26. The summed E-state index contributed by atoms with van der Waals surface area (Å²) in [5.41, 5.74) is -0.222. The van der Waals surface area contributed by atoms with Gasteiger partial charge in [-0.3, -0.25) is 14.9 Å². The highest BCUT2D eigenvalue weighted by atomic mass is 16.6. The zero-order valence-corrected chi connectivity index (χ0v) is 12.0. The van der Waals surface area contributed by atoms with Crippen LogP contribution in [0.3, 0.4) is 0 Å². The van der Waals surface area contributed by atoms with E-state index < -0.39 is 4.92 Å². The number of hydrogen-bond acceptors (Lipinski definition) is 4. The summed E-state index contributed by atoms with van der Waals surface area (Å²) in [6, 6.07) is 1.24. The molecule has 1 aromatic rings. The van der Waals surface area contributed by atoms with Gasteiger partial charge in [0.05, 0.1) is 17.7 Å². The highest BCUT2D eigenvalue weighted by molar-refractivity contribution is 5.93. The summed E-state index contributed by atoms with van der Waals surface area (Å²) in [4.78, 5) is 22.2. The summed E-state index contributed by atoms with van der Waals surface area (Å²) >= 11 is 0. The van der Waals surface area contributed by atoms with Crippen molar-refractivity contribution in [3.63, 3.8) is 0 Å². The quantitative estimate of drug-likeness (QED) is 0.584. The van der Waals surface area contributed by atoms with E-state index in [9.17, 15) is 20.0 Å². The lowest BCUT2D eigenvalue weighted by molar-refractivity contribution is -0.384. The molecule has 0 spiro atoms. The lowest BCUT2D eigenvalue weighted by Gasteiger charge is -2.29. The number of nitrogens with one attached hydrogen (secondary N) is 1. The van der Waals surface area contributed by atoms with Crippen molar-refractivity contribution in [2.45, 2.75) is 26.7 Å². The molecule has 0 aromatic carbocycles. The molecule has 0 bridgehead atoms. The second-order valence-corrected chi connectivity index (χ2v) is 5.00. The van der Waals surface area contributed by atoms with Crippen LogP contribution in [0, 0.1) is 15.5 Å². The molecule has 112 valence electrons. The van der Waals surface area contributed by atoms with Crippen LogP contribution in [0.5, 0.6) is 0 Å². The number of carbonyl (C=O) groups excluding carboxylic acids is 1. The molecule has 20 heavy (non-hydrogen) atoms. The molecule has 0 unspecified atom stereocenters. The highest BCUT2D eigenvalue weighted by Crippen LogP contribution is 2.24. The van der Waals surface area contributed by atoms with Crippen molar-refractivity contribution in [1.82, 2.24) is 9.88 Å². The van der Waals surface area contributed by atoms with Gasteiger partial charge in [0.1, 0.15) is 5.69 Å². The van der Waals surface area contributed by atoms with Crippen molar-refractivity contribution in [3.05, 3.63) is 28.1 Å². The molecule has 0 saturated heterocycles. The molecule has 0 saturated carbocycles. The molecule has 1 heterocycles. The average Bonchev–Trinajstić information content (AvgIpc) is 2.83. The monoisotopic (exact) mass is 283 g/mol. The molecule has 0 atom stereocenters. The molecule has 0 aliphatic carbocycles. The molecule has 1 aromatic heterocycles. The fraction of sp³-hybridized carbons (Fsp3) is 0.615. The van der Waals surface area contributed by atoms with Gasteiger partial charge in [0.2, 0.25) is 0 Å². The van der Waals surface area contributed by atoms with Crippen LogP contribution in [0.25, 0.3) is 0 Å². The van der Waals surface area contributed by atoms with E-state index in [1.54, 1.807) is 7.05 Å². The third-order valence-corrected chi connectivity index (χ3v) is 3.89. The van der Waals surface area contributed by atoms with E-state index in [0.29, 0.717) is 6.54 Å². The number of aliphatic hydroxyl groups is 1. The van der Waals surface area contributed by atoms with Gasteiger partial charge < -0.3 is 15.0 Å². The first-order chi connectivity index (χ1) is 9.39. The van der Waals surface area contributed by atoms with Crippen molar-refractivity contribution >= 4 is 11.6 Å². The van der Waals surface area contributed by atoms with Gasteiger partial charge >= 0.3 is 0 Å². The lowest BCUT2D eigenvalue weighted by atomic mass is 9.83. The molecular weight excluding hydrogens is 262 g/mol. The Hall–Kier alpha value is -1.89. The number of rotatable bonds is 7. The van der Waals surface area contributed by atoms with Gasteiger partial charge in [-0.1, -0.05) is 13.8 Å². The summed E-state index contributed by atoms with van der Waals surface area (Å²) < 4.78 is 1.42. The number of carbonyl (C=O) groups is 1. The smallest absolute Gasteiger partial charge is 0.287 e. The predicted octanol–water partition coefficient (Wildman–Crippen LogP) is 1.46. The van der Waals surface area contributed by atoms with Crippen molar-refractivity contribution in [3.8, 4) is 0 Å². The topological polar surface area (TPSA) is 97.4 Å². The number of nitro groups is 1. The second kappa shape index (κ2) is 6.51. The van der Waals surface area contributed by atoms with Gasteiger partial charge in [-0.25, -0.2) is 0 Å². The minimum Gasteiger partial charge on any atom is -0.396 e. The number of aryl methyl sites for hydroxylation is 1. The van der Waals surface area contributed by atoms with Gasteiger partial charge in [0.25, 0.3) is 11.6 Å². The van der Waals surface area contributed by atoms with E-state index in [2.05, 4.69) is 5.32 Å². The Morgan fingerprint density at radius 3 is 2.50 bits per heavy atom. The minimum absolute atomic E-state index is 0.00638. The van der Waals surface area contributed by atoms with Crippen LogP contribution < -0.4 is 5.32 Å². The number of amides is 1. The van der Waals surface area contributed by atoms with E-state index in [1.165, 1.54) is 16.8 Å². The van der Waals surface area contributed by atoms with Crippen molar-refractivity contribution < 1.29 is 14.8 Å². The molecule has 2 N–H and O–H groups in total. The lowest BCUT2D eigenvalue weighted by Crippen LogP contribution is -2.39. The van der Waals surface area contributed by atoms with Crippen LogP contribution in [-0.2, 0) is 7.05 Å². The van der Waals surface area contributed by atoms with Crippen molar-refractivity contribution in [2.75, 3.05) is 13.2 Å². The normalized spacial score (nSPS) is 11.4. The van der Waals surface area contributed by atoms with Crippen LogP contribution in [0.4, 0.5) is 5.69 Å². The van der Waals surface area contributed by atoms with E-state index in [1.807, 2.05) is 13.8 Å². The molecule has 0 fully saturated rings. The third kappa shape index (κ3) is 3.36. The van der Waals surface area contributed by atoms with Gasteiger partial charge in [0, 0.05) is 25.1 Å². The summed E-state index contributed by atoms with van der Waals surface area (Å²) in [6.45, 7) is 4.25. The first-order valence-electron chi connectivity index (χ1n) is 6.59. The Bertz CT molecular complexity index is 484. The maximum atomic E-state index is 12.1. The number of aromatic nitrogens is 1. The van der Waals surface area contributed by atoms with Crippen LogP contribution >= 0.6 is 0 Å². The van der Waals surface area contributed by atoms with E-state index in [4.69, 9.17) is 0 Å². The van der Waals surface area contributed by atoms with Crippen molar-refractivity contribution in [2.24, 2.45) is 12.5 Å². The van der Waals surface area contributed by atoms with Gasteiger partial charge in [0.15, 0.2) is 0 Å². The maximum Gasteiger partial charge on any atom is 0.287 e. The zero-order chi connectivity index (χ0) is 15.3. The summed E-state index contributed by atoms with van der Waals surface area (Å²) in [5.74, 6) is -0.375. The first kappa shape index (κ1) is 16.2. The fourth-order valence-corrected chi connectivity index (χ4v) is 2.01. The predicted molar refractivity (Wildman–Crippen MR) is 74.5 cm³/mol. The zero-order valence-electron chi connectivity index (χ0n) is 12.0. The fourth-order valence-electron chi connectivity index (χ4n) is 2.01. The van der Waals surface area contributed by atoms with Gasteiger partial charge in [-0.05, 0) is 12.8 Å². The number of aliphatic hydroxyl groups excluding tert-OH is 1. The van der Waals surface area contributed by atoms with Crippen LogP contribution in [0.1, 0.15) is 37.2 Å². The van der Waals surface area contributed by atoms with Gasteiger partial charge in [-0.15, -0.1) is 0 Å². The molecule has 1 amide bonds. The number of nitrogens with zero attached hydrogens (tertiary/aromatic N) is 2. The van der Waals surface area contributed by atoms with Gasteiger partial charge in [-0.2, -0.15) is 0 Å². The molecule has 0 aliphatic rings.